The average molecular weight is 129 g/mol. The van der Waals surface area contributed by atoms with Crippen LogP contribution in [0.2, 0.25) is 0 Å². The van der Waals surface area contributed by atoms with Crippen LogP contribution in [0.5, 0.6) is 0 Å². The predicted molar refractivity (Wildman–Crippen MR) is 39.3 cm³/mol. The van der Waals surface area contributed by atoms with Crippen LogP contribution in [-0.2, 0) is 0 Å². The summed E-state index contributed by atoms with van der Waals surface area (Å²) in [5, 5.41) is 0. The molecule has 0 fully saturated rings. The first-order valence-corrected chi connectivity index (χ1v) is 3.04. The smallest absolute Gasteiger partial charge is 0.115 e. The van der Waals surface area contributed by atoms with Crippen LogP contribution in [-0.4, -0.2) is 5.79 Å². The predicted octanol–water partition coefficient (Wildman–Crippen LogP) is -0.127. The third kappa shape index (κ3) is 7.62. The van der Waals surface area contributed by atoms with Gasteiger partial charge in [0.05, 0.1) is 0 Å². The van der Waals surface area contributed by atoms with Crippen molar-refractivity contribution in [1.29, 1.82) is 0 Å². The Bertz CT molecular complexity index is 82.8. The number of allylic oxidation sites excluding steroid dienone is 1. The van der Waals surface area contributed by atoms with Crippen molar-refractivity contribution in [2.45, 2.75) is 25.0 Å². The van der Waals surface area contributed by atoms with Gasteiger partial charge >= 0.3 is 0 Å². The van der Waals surface area contributed by atoms with Gasteiger partial charge in [0.2, 0.25) is 0 Å². The highest BCUT2D eigenvalue weighted by atomic mass is 15.1. The lowest BCUT2D eigenvalue weighted by atomic mass is 10.1. The molecule has 0 unspecified atom stereocenters. The van der Waals surface area contributed by atoms with E-state index in [4.69, 9.17) is 17.2 Å². The summed E-state index contributed by atoms with van der Waals surface area (Å²) in [6.07, 6.45) is 4.30. The van der Waals surface area contributed by atoms with Gasteiger partial charge in [0.25, 0.3) is 0 Å². The van der Waals surface area contributed by atoms with E-state index in [9.17, 15) is 0 Å². The summed E-state index contributed by atoms with van der Waals surface area (Å²) in [6.45, 7) is 3.56. The van der Waals surface area contributed by atoms with Gasteiger partial charge in [0.1, 0.15) is 5.79 Å². The molecule has 0 rings (SSSR count). The lowest BCUT2D eigenvalue weighted by Crippen LogP contribution is -2.57. The van der Waals surface area contributed by atoms with Crippen molar-refractivity contribution in [2.24, 2.45) is 17.2 Å². The van der Waals surface area contributed by atoms with E-state index in [2.05, 4.69) is 6.58 Å². The normalized spacial score (nSPS) is 11.4. The van der Waals surface area contributed by atoms with Crippen molar-refractivity contribution in [2.75, 3.05) is 0 Å². The highest BCUT2D eigenvalue weighted by Crippen LogP contribution is 1.99. The summed E-state index contributed by atoms with van der Waals surface area (Å²) in [4.78, 5) is 0. The van der Waals surface area contributed by atoms with Crippen molar-refractivity contribution in [1.82, 2.24) is 0 Å². The molecule has 0 saturated heterocycles. The molecule has 0 bridgehead atoms. The molecule has 9 heavy (non-hydrogen) atoms. The molecule has 54 valence electrons. The van der Waals surface area contributed by atoms with Crippen molar-refractivity contribution >= 4 is 0 Å². The zero-order valence-corrected chi connectivity index (χ0v) is 5.64. The minimum Gasteiger partial charge on any atom is -0.301 e. The molecule has 0 aliphatic rings. The van der Waals surface area contributed by atoms with E-state index in [-0.39, 0.29) is 0 Å². The first kappa shape index (κ1) is 8.62. The largest absolute Gasteiger partial charge is 0.301 e. The molecule has 0 spiro atoms. The molecule has 0 radical (unpaired) electrons. The van der Waals surface area contributed by atoms with E-state index in [1.54, 1.807) is 0 Å². The van der Waals surface area contributed by atoms with Crippen molar-refractivity contribution < 1.29 is 0 Å². The summed E-state index contributed by atoms with van der Waals surface area (Å²) in [6, 6.07) is 0. The van der Waals surface area contributed by atoms with Crippen LogP contribution in [0.3, 0.4) is 0 Å². The minimum atomic E-state index is -0.997. The maximum atomic E-state index is 5.30. The molecule has 0 heterocycles. The number of rotatable bonds is 4. The van der Waals surface area contributed by atoms with Gasteiger partial charge in [-0.1, -0.05) is 6.08 Å². The molecule has 0 aliphatic heterocycles. The monoisotopic (exact) mass is 129 g/mol. The third-order valence-electron chi connectivity index (χ3n) is 1.02. The minimum absolute atomic E-state index is 0.638. The van der Waals surface area contributed by atoms with Crippen molar-refractivity contribution in [3.05, 3.63) is 12.7 Å². The van der Waals surface area contributed by atoms with Crippen molar-refractivity contribution in [3.8, 4) is 0 Å². The second-order valence-corrected chi connectivity index (χ2v) is 2.29. The fourth-order valence-electron chi connectivity index (χ4n) is 0.553. The molecule has 6 N–H and O–H groups in total. The fourth-order valence-corrected chi connectivity index (χ4v) is 0.553. The van der Waals surface area contributed by atoms with Crippen LogP contribution >= 0.6 is 0 Å². The molecule has 0 atom stereocenters. The number of hydrogen-bond donors (Lipinski definition) is 3. The summed E-state index contributed by atoms with van der Waals surface area (Å²) in [5.41, 5.74) is 15.9. The van der Waals surface area contributed by atoms with Crippen LogP contribution in [0.25, 0.3) is 0 Å². The van der Waals surface area contributed by atoms with Crippen LogP contribution in [0.4, 0.5) is 0 Å². The van der Waals surface area contributed by atoms with Gasteiger partial charge in [0.15, 0.2) is 0 Å². The van der Waals surface area contributed by atoms with Crippen LogP contribution in [0, 0.1) is 0 Å². The number of unbranched alkanes of at least 4 members (excludes halogenated alkanes) is 1. The van der Waals surface area contributed by atoms with E-state index in [0.717, 1.165) is 12.8 Å². The molecule has 0 aromatic rings. The molecule has 0 aromatic heterocycles. The topological polar surface area (TPSA) is 78.1 Å². The Kier molecular flexibility index (Phi) is 3.46. The molecule has 0 aromatic carbocycles. The van der Waals surface area contributed by atoms with E-state index in [1.807, 2.05) is 6.08 Å². The van der Waals surface area contributed by atoms with Gasteiger partial charge in [0, 0.05) is 0 Å². The van der Waals surface area contributed by atoms with Gasteiger partial charge in [-0.3, -0.25) is 0 Å². The second kappa shape index (κ2) is 3.61. The lowest BCUT2D eigenvalue weighted by Gasteiger charge is -2.16. The van der Waals surface area contributed by atoms with Crippen molar-refractivity contribution in [3.63, 3.8) is 0 Å². The highest BCUT2D eigenvalue weighted by molar-refractivity contribution is 4.72. The molecular weight excluding hydrogens is 114 g/mol. The summed E-state index contributed by atoms with van der Waals surface area (Å²) in [7, 11) is 0. The molecule has 0 saturated carbocycles. The second-order valence-electron chi connectivity index (χ2n) is 2.29. The Balaban J connectivity index is 3.17. The standard InChI is InChI=1S/C6H15N3/c1-2-3-4-5-6(7,8)9/h2H,1,3-5,7-9H2. The van der Waals surface area contributed by atoms with E-state index < -0.39 is 5.79 Å². The van der Waals surface area contributed by atoms with Gasteiger partial charge in [-0.15, -0.1) is 6.58 Å². The fraction of sp³-hybridized carbons (Fsp3) is 0.667. The van der Waals surface area contributed by atoms with E-state index >= 15 is 0 Å². The van der Waals surface area contributed by atoms with Gasteiger partial charge in [-0.25, -0.2) is 0 Å². The Hall–Kier alpha value is -0.380. The maximum Gasteiger partial charge on any atom is 0.115 e. The average Bonchev–Trinajstić information content (AvgIpc) is 1.63. The van der Waals surface area contributed by atoms with Crippen LogP contribution in [0.1, 0.15) is 19.3 Å². The SMILES string of the molecule is C=CCCCC(N)(N)N. The Morgan fingerprint density at radius 3 is 2.22 bits per heavy atom. The lowest BCUT2D eigenvalue weighted by molar-refractivity contribution is 0.413. The van der Waals surface area contributed by atoms with E-state index in [1.165, 1.54) is 0 Å². The van der Waals surface area contributed by atoms with Crippen LogP contribution in [0.15, 0.2) is 12.7 Å². The molecule has 0 amide bonds. The number of nitrogens with two attached hydrogens (primary N) is 3. The summed E-state index contributed by atoms with van der Waals surface area (Å²) >= 11 is 0. The van der Waals surface area contributed by atoms with Gasteiger partial charge in [-0.05, 0) is 19.3 Å². The number of hydrogen-bond acceptors (Lipinski definition) is 3. The maximum absolute atomic E-state index is 5.30. The first-order valence-electron chi connectivity index (χ1n) is 3.04. The summed E-state index contributed by atoms with van der Waals surface area (Å²) < 4.78 is 0. The Morgan fingerprint density at radius 2 is 1.89 bits per heavy atom. The molecule has 0 aliphatic carbocycles. The zero-order valence-electron chi connectivity index (χ0n) is 5.64. The quantitative estimate of drug-likeness (QED) is 0.281. The van der Waals surface area contributed by atoms with Gasteiger partial charge < -0.3 is 17.2 Å². The first-order chi connectivity index (χ1) is 4.06. The molecule has 3 heteroatoms. The highest BCUT2D eigenvalue weighted by Gasteiger charge is 2.08. The third-order valence-corrected chi connectivity index (χ3v) is 1.02. The Morgan fingerprint density at radius 1 is 1.33 bits per heavy atom. The molecular formula is C6H15N3. The van der Waals surface area contributed by atoms with E-state index in [0.29, 0.717) is 6.42 Å². The Labute approximate surface area is 55.9 Å². The zero-order chi connectivity index (χ0) is 7.33. The molecule has 3 nitrogen and oxygen atoms in total. The summed E-state index contributed by atoms with van der Waals surface area (Å²) in [5.74, 6) is -0.997. The van der Waals surface area contributed by atoms with Gasteiger partial charge in [-0.2, -0.15) is 0 Å². The van der Waals surface area contributed by atoms with Crippen LogP contribution < -0.4 is 17.2 Å².